The molecule has 0 heterocycles. The monoisotopic (exact) mass is 595 g/mol. The lowest BCUT2D eigenvalue weighted by Crippen LogP contribution is -2.53. The summed E-state index contributed by atoms with van der Waals surface area (Å²) in [5, 5.41) is 3.08. The van der Waals surface area contributed by atoms with Crippen molar-refractivity contribution in [3.63, 3.8) is 0 Å². The van der Waals surface area contributed by atoms with Crippen molar-refractivity contribution in [2.75, 3.05) is 17.5 Å². The molecule has 1 N–H and O–H groups in total. The first kappa shape index (κ1) is 31.0. The summed E-state index contributed by atoms with van der Waals surface area (Å²) >= 11 is 0. The van der Waals surface area contributed by atoms with Crippen LogP contribution < -0.4 is 14.4 Å². The van der Waals surface area contributed by atoms with Crippen LogP contribution in [0.15, 0.2) is 83.8 Å². The average Bonchev–Trinajstić information content (AvgIpc) is 3.51. The fourth-order valence-corrected chi connectivity index (χ4v) is 6.63. The molecule has 42 heavy (non-hydrogen) atoms. The van der Waals surface area contributed by atoms with E-state index in [-0.39, 0.29) is 29.1 Å². The minimum atomic E-state index is -4.16. The second-order valence-corrected chi connectivity index (χ2v) is 12.2. The van der Waals surface area contributed by atoms with E-state index in [1.807, 2.05) is 13.8 Å². The number of carbonyl (C=O) groups excluding carboxylic acids is 2. The number of carbonyl (C=O) groups is 2. The van der Waals surface area contributed by atoms with Gasteiger partial charge in [0.2, 0.25) is 11.8 Å². The van der Waals surface area contributed by atoms with Gasteiger partial charge in [0.05, 0.1) is 17.2 Å². The van der Waals surface area contributed by atoms with E-state index in [0.717, 1.165) is 30.0 Å². The van der Waals surface area contributed by atoms with Crippen LogP contribution in [0.25, 0.3) is 0 Å². The normalized spacial score (nSPS) is 14.3. The summed E-state index contributed by atoms with van der Waals surface area (Å²) in [5.41, 5.74) is 0.899. The van der Waals surface area contributed by atoms with Gasteiger partial charge in [-0.15, -0.1) is 0 Å². The van der Waals surface area contributed by atoms with Gasteiger partial charge in [-0.1, -0.05) is 50.1 Å². The van der Waals surface area contributed by atoms with E-state index in [9.17, 15) is 22.4 Å². The highest BCUT2D eigenvalue weighted by molar-refractivity contribution is 7.92. The smallest absolute Gasteiger partial charge is 0.264 e. The van der Waals surface area contributed by atoms with Gasteiger partial charge in [0.15, 0.2) is 0 Å². The lowest BCUT2D eigenvalue weighted by molar-refractivity contribution is -0.140. The highest BCUT2D eigenvalue weighted by atomic mass is 32.2. The minimum absolute atomic E-state index is 0.0121. The van der Waals surface area contributed by atoms with Crippen molar-refractivity contribution < 1.29 is 27.1 Å². The molecule has 4 rings (SSSR count). The maximum absolute atomic E-state index is 14.1. The molecule has 0 radical (unpaired) electrons. The van der Waals surface area contributed by atoms with Gasteiger partial charge >= 0.3 is 0 Å². The van der Waals surface area contributed by atoms with Crippen LogP contribution in [0, 0.1) is 5.82 Å². The summed E-state index contributed by atoms with van der Waals surface area (Å²) in [5.74, 6) is -0.685. The number of hydrogen-bond acceptors (Lipinski definition) is 5. The zero-order valence-corrected chi connectivity index (χ0v) is 24.9. The van der Waals surface area contributed by atoms with E-state index >= 15 is 0 Å². The van der Waals surface area contributed by atoms with Gasteiger partial charge in [-0.25, -0.2) is 12.8 Å². The summed E-state index contributed by atoms with van der Waals surface area (Å²) in [6.07, 6.45) is 4.16. The molecule has 1 aliphatic carbocycles. The van der Waals surface area contributed by atoms with Crippen LogP contribution in [0.2, 0.25) is 0 Å². The quantitative estimate of drug-likeness (QED) is 0.290. The average molecular weight is 596 g/mol. The van der Waals surface area contributed by atoms with Gasteiger partial charge in [-0.05, 0) is 80.3 Å². The Balaban J connectivity index is 1.70. The van der Waals surface area contributed by atoms with E-state index in [1.165, 1.54) is 29.2 Å². The molecule has 0 aromatic heterocycles. The molecule has 10 heteroatoms. The van der Waals surface area contributed by atoms with E-state index in [1.54, 1.807) is 54.6 Å². The van der Waals surface area contributed by atoms with E-state index in [2.05, 4.69) is 5.32 Å². The predicted octanol–water partition coefficient (Wildman–Crippen LogP) is 5.29. The molecular weight excluding hydrogens is 557 g/mol. The van der Waals surface area contributed by atoms with Crippen LogP contribution in [0.1, 0.15) is 51.5 Å². The van der Waals surface area contributed by atoms with Crippen molar-refractivity contribution in [2.24, 2.45) is 0 Å². The topological polar surface area (TPSA) is 96.0 Å². The third-order valence-electron chi connectivity index (χ3n) is 7.40. The van der Waals surface area contributed by atoms with Crippen molar-refractivity contribution in [3.05, 3.63) is 90.2 Å². The number of anilines is 1. The summed E-state index contributed by atoms with van der Waals surface area (Å²) in [4.78, 5) is 29.0. The van der Waals surface area contributed by atoms with Gasteiger partial charge in [0.25, 0.3) is 10.0 Å². The Kier molecular flexibility index (Phi) is 10.6. The van der Waals surface area contributed by atoms with Gasteiger partial charge < -0.3 is 15.0 Å². The Morgan fingerprint density at radius 2 is 1.60 bits per heavy atom. The summed E-state index contributed by atoms with van der Waals surface area (Å²) in [6, 6.07) is 19.3. The Hall–Kier alpha value is -3.92. The van der Waals surface area contributed by atoms with Crippen molar-refractivity contribution in [1.29, 1.82) is 0 Å². The first-order chi connectivity index (χ1) is 20.2. The molecule has 1 aliphatic rings. The van der Waals surface area contributed by atoms with Crippen LogP contribution in [-0.2, 0) is 26.2 Å². The summed E-state index contributed by atoms with van der Waals surface area (Å²) in [6.45, 7) is 3.58. The number of amides is 2. The number of hydrogen-bond donors (Lipinski definition) is 1. The van der Waals surface area contributed by atoms with Crippen LogP contribution in [-0.4, -0.2) is 50.4 Å². The van der Waals surface area contributed by atoms with Crippen LogP contribution in [0.5, 0.6) is 5.75 Å². The summed E-state index contributed by atoms with van der Waals surface area (Å²) in [7, 11) is -4.16. The van der Waals surface area contributed by atoms with Gasteiger partial charge in [-0.2, -0.15) is 0 Å². The molecule has 224 valence electrons. The fraction of sp³-hybridized carbons (Fsp3) is 0.375. The number of rotatable bonds is 13. The maximum Gasteiger partial charge on any atom is 0.264 e. The SMILES string of the molecule is CCOc1ccc(N(CC(=O)N(Cc2ccc(F)cc2)[C@H](CC)C(=O)NC2CCCC2)S(=O)(=O)c2ccccc2)cc1. The Bertz CT molecular complexity index is 1430. The summed E-state index contributed by atoms with van der Waals surface area (Å²) < 4.78 is 48.0. The van der Waals surface area contributed by atoms with Crippen LogP contribution in [0.3, 0.4) is 0 Å². The minimum Gasteiger partial charge on any atom is -0.494 e. The lowest BCUT2D eigenvalue weighted by Gasteiger charge is -2.33. The second-order valence-electron chi connectivity index (χ2n) is 10.3. The zero-order chi connectivity index (χ0) is 30.1. The third-order valence-corrected chi connectivity index (χ3v) is 9.19. The first-order valence-corrected chi connectivity index (χ1v) is 15.8. The van der Waals surface area contributed by atoms with E-state index < -0.39 is 34.3 Å². The molecule has 1 fully saturated rings. The second kappa shape index (κ2) is 14.3. The van der Waals surface area contributed by atoms with Crippen molar-refractivity contribution in [2.45, 2.75) is 69.5 Å². The van der Waals surface area contributed by atoms with E-state index in [4.69, 9.17) is 4.74 Å². The molecule has 3 aromatic rings. The van der Waals surface area contributed by atoms with Gasteiger partial charge in [0, 0.05) is 12.6 Å². The molecular formula is C32H38FN3O5S. The fourth-order valence-electron chi connectivity index (χ4n) is 5.20. The third kappa shape index (κ3) is 7.67. The zero-order valence-electron chi connectivity index (χ0n) is 24.0. The number of benzene rings is 3. The van der Waals surface area contributed by atoms with Crippen molar-refractivity contribution in [1.82, 2.24) is 10.2 Å². The molecule has 0 unspecified atom stereocenters. The van der Waals surface area contributed by atoms with Crippen molar-refractivity contribution >= 4 is 27.5 Å². The highest BCUT2D eigenvalue weighted by Crippen LogP contribution is 2.27. The molecule has 0 bridgehead atoms. The molecule has 0 spiro atoms. The number of ether oxygens (including phenoxy) is 1. The molecule has 2 amide bonds. The van der Waals surface area contributed by atoms with Crippen LogP contribution in [0.4, 0.5) is 10.1 Å². The largest absolute Gasteiger partial charge is 0.494 e. The molecule has 1 saturated carbocycles. The standard InChI is InChI=1S/C32H38FN3O5S/c1-3-30(32(38)34-26-10-8-9-11-26)35(22-24-14-16-25(33)17-15-24)31(37)23-36(27-18-20-28(21-19-27)41-4-2)42(39,40)29-12-6-5-7-13-29/h5-7,12-21,26,30H,3-4,8-11,22-23H2,1-2H3,(H,34,38)/t30-/m1/s1. The van der Waals surface area contributed by atoms with Gasteiger partial charge in [0.1, 0.15) is 24.2 Å². The van der Waals surface area contributed by atoms with Gasteiger partial charge in [-0.3, -0.25) is 13.9 Å². The van der Waals surface area contributed by atoms with Crippen molar-refractivity contribution in [3.8, 4) is 5.75 Å². The maximum atomic E-state index is 14.1. The molecule has 1 atom stereocenters. The Labute approximate surface area is 247 Å². The number of nitrogens with one attached hydrogen (secondary N) is 1. The number of nitrogens with zero attached hydrogens (tertiary/aromatic N) is 2. The predicted molar refractivity (Wildman–Crippen MR) is 160 cm³/mol. The van der Waals surface area contributed by atoms with E-state index in [0.29, 0.717) is 24.3 Å². The Morgan fingerprint density at radius 3 is 2.19 bits per heavy atom. The lowest BCUT2D eigenvalue weighted by atomic mass is 10.1. The number of sulfonamides is 1. The highest BCUT2D eigenvalue weighted by Gasteiger charge is 2.34. The number of halogens is 1. The molecule has 3 aromatic carbocycles. The molecule has 8 nitrogen and oxygen atoms in total. The first-order valence-electron chi connectivity index (χ1n) is 14.4. The molecule has 0 aliphatic heterocycles. The molecule has 0 saturated heterocycles. The Morgan fingerprint density at radius 1 is 0.952 bits per heavy atom. The van der Waals surface area contributed by atoms with Crippen LogP contribution >= 0.6 is 0 Å².